The Labute approximate surface area is 203 Å². The molecule has 7 nitrogen and oxygen atoms in total. The first-order valence-electron chi connectivity index (χ1n) is 11.1. The number of fused-ring (bicyclic) bond motifs is 1. The molecule has 174 valence electrons. The summed E-state index contributed by atoms with van der Waals surface area (Å²) in [6.45, 7) is 3.36. The van der Waals surface area contributed by atoms with Gasteiger partial charge < -0.3 is 19.4 Å². The summed E-state index contributed by atoms with van der Waals surface area (Å²) in [5.74, 6) is 2.20. The fourth-order valence-corrected chi connectivity index (χ4v) is 4.32. The highest BCUT2D eigenvalue weighted by atomic mass is 35.5. The number of hydrogen-bond donors (Lipinski definition) is 1. The second kappa shape index (κ2) is 10.4. The van der Waals surface area contributed by atoms with Crippen molar-refractivity contribution in [3.05, 3.63) is 51.8 Å². The predicted molar refractivity (Wildman–Crippen MR) is 130 cm³/mol. The topological polar surface area (TPSA) is 78.3 Å². The maximum absolute atomic E-state index is 13.0. The minimum atomic E-state index is -0.328. The molecule has 2 heterocycles. The number of nitrogens with one attached hydrogen (secondary N) is 1. The molecule has 1 aliphatic heterocycles. The summed E-state index contributed by atoms with van der Waals surface area (Å²) >= 11 is 12.9. The van der Waals surface area contributed by atoms with Crippen LogP contribution in [0.1, 0.15) is 48.8 Å². The molecule has 0 unspecified atom stereocenters. The third-order valence-corrected chi connectivity index (χ3v) is 6.13. The Bertz CT molecular complexity index is 1160. The van der Waals surface area contributed by atoms with E-state index < -0.39 is 0 Å². The number of hydrogen-bond acceptors (Lipinski definition) is 5. The van der Waals surface area contributed by atoms with Crippen molar-refractivity contribution in [1.82, 2.24) is 14.8 Å². The lowest BCUT2D eigenvalue weighted by Crippen LogP contribution is -2.13. The molecule has 0 atom stereocenters. The third kappa shape index (κ3) is 5.09. The van der Waals surface area contributed by atoms with Crippen LogP contribution in [-0.4, -0.2) is 34.4 Å². The number of methoxy groups -OCH3 is 1. The number of anilines is 1. The average molecular weight is 489 g/mol. The molecule has 1 amide bonds. The van der Waals surface area contributed by atoms with Crippen LogP contribution in [0.15, 0.2) is 30.3 Å². The molecule has 4 rings (SSSR count). The summed E-state index contributed by atoms with van der Waals surface area (Å²) in [4.78, 5) is 13.0. The molecule has 33 heavy (non-hydrogen) atoms. The molecule has 0 spiro atoms. The molecule has 1 aliphatic rings. The monoisotopic (exact) mass is 488 g/mol. The Morgan fingerprint density at radius 3 is 2.76 bits per heavy atom. The normalized spacial score (nSPS) is 13.2. The van der Waals surface area contributed by atoms with Crippen LogP contribution in [0, 0.1) is 0 Å². The molecular weight excluding hydrogens is 463 g/mol. The highest BCUT2D eigenvalue weighted by molar-refractivity contribution is 6.33. The van der Waals surface area contributed by atoms with E-state index in [1.165, 1.54) is 13.5 Å². The van der Waals surface area contributed by atoms with Crippen molar-refractivity contribution in [2.45, 2.75) is 45.6 Å². The number of aromatic nitrogens is 3. The molecule has 1 aromatic heterocycles. The first kappa shape index (κ1) is 23.4. The van der Waals surface area contributed by atoms with Crippen molar-refractivity contribution in [2.24, 2.45) is 0 Å². The number of aryl methyl sites for hydroxylation is 1. The lowest BCUT2D eigenvalue weighted by atomic mass is 10.1. The Morgan fingerprint density at radius 2 is 1.97 bits per heavy atom. The number of benzene rings is 2. The van der Waals surface area contributed by atoms with Gasteiger partial charge >= 0.3 is 0 Å². The SMILES string of the molecule is CCCOc1c(Cl)cc(C(=O)Nc2ccc(Cl)c(-c3nnc4n3CCCCC4)c2)cc1OC. The Kier molecular flexibility index (Phi) is 7.40. The molecule has 0 fully saturated rings. The van der Waals surface area contributed by atoms with Gasteiger partial charge in [0.1, 0.15) is 5.82 Å². The lowest BCUT2D eigenvalue weighted by molar-refractivity contribution is 0.102. The summed E-state index contributed by atoms with van der Waals surface area (Å²) in [6.07, 6.45) is 5.08. The van der Waals surface area contributed by atoms with Crippen LogP contribution in [0.3, 0.4) is 0 Å². The maximum Gasteiger partial charge on any atom is 0.255 e. The van der Waals surface area contributed by atoms with Crippen LogP contribution in [0.4, 0.5) is 5.69 Å². The van der Waals surface area contributed by atoms with E-state index in [4.69, 9.17) is 32.7 Å². The molecule has 1 N–H and O–H groups in total. The van der Waals surface area contributed by atoms with Gasteiger partial charge in [0, 0.05) is 29.8 Å². The van der Waals surface area contributed by atoms with Crippen molar-refractivity contribution in [1.29, 1.82) is 0 Å². The number of carbonyl (C=O) groups is 1. The van der Waals surface area contributed by atoms with Crippen LogP contribution in [-0.2, 0) is 13.0 Å². The van der Waals surface area contributed by atoms with E-state index in [1.54, 1.807) is 24.3 Å². The highest BCUT2D eigenvalue weighted by Gasteiger charge is 2.20. The number of halogens is 2. The fourth-order valence-electron chi connectivity index (χ4n) is 3.86. The highest BCUT2D eigenvalue weighted by Crippen LogP contribution is 2.37. The van der Waals surface area contributed by atoms with E-state index in [-0.39, 0.29) is 5.91 Å². The molecule has 3 aromatic rings. The van der Waals surface area contributed by atoms with Gasteiger partial charge in [-0.1, -0.05) is 36.5 Å². The molecule has 9 heteroatoms. The molecule has 0 aliphatic carbocycles. The van der Waals surface area contributed by atoms with E-state index in [9.17, 15) is 4.79 Å². The Hall–Kier alpha value is -2.77. The largest absolute Gasteiger partial charge is 0.493 e. The van der Waals surface area contributed by atoms with Gasteiger partial charge in [-0.05, 0) is 49.6 Å². The van der Waals surface area contributed by atoms with Gasteiger partial charge in [-0.3, -0.25) is 4.79 Å². The third-order valence-electron chi connectivity index (χ3n) is 5.52. The first-order valence-corrected chi connectivity index (χ1v) is 11.8. The van der Waals surface area contributed by atoms with Crippen LogP contribution in [0.5, 0.6) is 11.5 Å². The van der Waals surface area contributed by atoms with Crippen LogP contribution in [0.2, 0.25) is 10.0 Å². The zero-order valence-electron chi connectivity index (χ0n) is 18.7. The second-order valence-electron chi connectivity index (χ2n) is 7.89. The number of nitrogens with zero attached hydrogens (tertiary/aromatic N) is 3. The van der Waals surface area contributed by atoms with Crippen molar-refractivity contribution in [2.75, 3.05) is 19.0 Å². The van der Waals surface area contributed by atoms with Gasteiger partial charge in [0.05, 0.1) is 23.8 Å². The maximum atomic E-state index is 13.0. The van der Waals surface area contributed by atoms with Crippen LogP contribution in [0.25, 0.3) is 11.4 Å². The molecule has 0 saturated carbocycles. The average Bonchev–Trinajstić information content (AvgIpc) is 3.06. The smallest absolute Gasteiger partial charge is 0.255 e. The molecule has 0 bridgehead atoms. The van der Waals surface area contributed by atoms with Gasteiger partial charge in [0.15, 0.2) is 17.3 Å². The fraction of sp³-hybridized carbons (Fsp3) is 0.375. The van der Waals surface area contributed by atoms with E-state index in [0.717, 1.165) is 49.4 Å². The van der Waals surface area contributed by atoms with Crippen molar-refractivity contribution < 1.29 is 14.3 Å². The van der Waals surface area contributed by atoms with Crippen molar-refractivity contribution >= 4 is 34.8 Å². The molecule has 0 saturated heterocycles. The molecule has 2 aromatic carbocycles. The van der Waals surface area contributed by atoms with Gasteiger partial charge in [-0.25, -0.2) is 0 Å². The van der Waals surface area contributed by atoms with E-state index >= 15 is 0 Å². The molecule has 0 radical (unpaired) electrons. The Morgan fingerprint density at radius 1 is 1.12 bits per heavy atom. The quantitative estimate of drug-likeness (QED) is 0.439. The Balaban J connectivity index is 1.60. The summed E-state index contributed by atoms with van der Waals surface area (Å²) in [5.41, 5.74) is 1.68. The van der Waals surface area contributed by atoms with Gasteiger partial charge in [-0.15, -0.1) is 10.2 Å². The number of carbonyl (C=O) groups excluding carboxylic acids is 1. The van der Waals surface area contributed by atoms with E-state index in [2.05, 4.69) is 20.1 Å². The van der Waals surface area contributed by atoms with E-state index in [1.807, 2.05) is 13.0 Å². The zero-order chi connectivity index (χ0) is 23.4. The minimum Gasteiger partial charge on any atom is -0.493 e. The van der Waals surface area contributed by atoms with Gasteiger partial charge in [0.25, 0.3) is 5.91 Å². The standard InChI is InChI=1S/C24H26Cl2N4O3/c1-3-11-33-22-19(26)12-15(13-20(22)32-2)24(31)27-16-8-9-18(25)17(14-16)23-29-28-21-7-5-4-6-10-30(21)23/h8-9,12-14H,3-7,10-11H2,1-2H3,(H,27,31). The zero-order valence-corrected chi connectivity index (χ0v) is 20.2. The number of rotatable bonds is 7. The second-order valence-corrected chi connectivity index (χ2v) is 8.70. The number of ether oxygens (including phenoxy) is 2. The number of amides is 1. The van der Waals surface area contributed by atoms with Crippen molar-refractivity contribution in [3.63, 3.8) is 0 Å². The predicted octanol–water partition coefficient (Wildman–Crippen LogP) is 6.03. The van der Waals surface area contributed by atoms with Crippen LogP contribution >= 0.6 is 23.2 Å². The minimum absolute atomic E-state index is 0.316. The van der Waals surface area contributed by atoms with Gasteiger partial charge in [0.2, 0.25) is 0 Å². The molecular formula is C24H26Cl2N4O3. The first-order chi connectivity index (χ1) is 16.0. The summed E-state index contributed by atoms with van der Waals surface area (Å²) < 4.78 is 13.2. The summed E-state index contributed by atoms with van der Waals surface area (Å²) in [6, 6.07) is 8.50. The summed E-state index contributed by atoms with van der Waals surface area (Å²) in [5, 5.41) is 12.5. The lowest BCUT2D eigenvalue weighted by Gasteiger charge is -2.14. The summed E-state index contributed by atoms with van der Waals surface area (Å²) in [7, 11) is 1.51. The van der Waals surface area contributed by atoms with Gasteiger partial charge in [-0.2, -0.15) is 0 Å². The van der Waals surface area contributed by atoms with Crippen molar-refractivity contribution in [3.8, 4) is 22.9 Å². The van der Waals surface area contributed by atoms with E-state index in [0.29, 0.717) is 39.4 Å². The van der Waals surface area contributed by atoms with Crippen LogP contribution < -0.4 is 14.8 Å².